The van der Waals surface area contributed by atoms with E-state index in [2.05, 4.69) is 13.8 Å². The van der Waals surface area contributed by atoms with Crippen molar-refractivity contribution < 1.29 is 14.3 Å². The minimum absolute atomic E-state index is 0.0116. The van der Waals surface area contributed by atoms with Crippen molar-refractivity contribution in [3.8, 4) is 0 Å². The first-order valence-corrected chi connectivity index (χ1v) is 11.0. The molecular weight excluding hydrogens is 324 g/mol. The lowest BCUT2D eigenvalue weighted by Crippen LogP contribution is -2.54. The summed E-state index contributed by atoms with van der Waals surface area (Å²) in [7, 11) is 0. The average Bonchev–Trinajstić information content (AvgIpc) is 2.89. The van der Waals surface area contributed by atoms with Gasteiger partial charge in [0.2, 0.25) is 0 Å². The predicted octanol–water partition coefficient (Wildman–Crippen LogP) is 5.17. The zero-order valence-electron chi connectivity index (χ0n) is 17.1. The minimum atomic E-state index is -0.0252. The lowest BCUT2D eigenvalue weighted by atomic mass is 9.44. The van der Waals surface area contributed by atoms with Gasteiger partial charge in [-0.15, -0.1) is 0 Å². The lowest BCUT2D eigenvalue weighted by molar-refractivity contribution is -0.161. The second-order valence-electron chi connectivity index (χ2n) is 10.5. The molecule has 0 aromatic carbocycles. The monoisotopic (exact) mass is 360 g/mol. The van der Waals surface area contributed by atoms with Crippen LogP contribution in [0.2, 0.25) is 0 Å². The molecular formula is C23H36O3. The quantitative estimate of drug-likeness (QED) is 0.638. The fraction of sp³-hybridized carbons (Fsp3) is 0.913. The van der Waals surface area contributed by atoms with Gasteiger partial charge in [-0.1, -0.05) is 13.8 Å². The molecule has 3 nitrogen and oxygen atoms in total. The SMILES string of the molecule is CC(C)OC(=O)[C@@H]1CC[C@@]2(C)[C@@H](CC[C@@H]3[C@@H]2CC[C@]2(C)C(=O)CC[C@@H]32)C1. The van der Waals surface area contributed by atoms with Crippen LogP contribution in [0.25, 0.3) is 0 Å². The highest BCUT2D eigenvalue weighted by Gasteiger charge is 2.60. The highest BCUT2D eigenvalue weighted by atomic mass is 16.5. The van der Waals surface area contributed by atoms with Crippen LogP contribution in [-0.4, -0.2) is 17.9 Å². The van der Waals surface area contributed by atoms with Crippen molar-refractivity contribution in [3.63, 3.8) is 0 Å². The van der Waals surface area contributed by atoms with Gasteiger partial charge in [0.25, 0.3) is 0 Å². The summed E-state index contributed by atoms with van der Waals surface area (Å²) in [4.78, 5) is 25.0. The first kappa shape index (κ1) is 18.5. The number of fused-ring (bicyclic) bond motifs is 5. The molecule has 4 aliphatic rings. The summed E-state index contributed by atoms with van der Waals surface area (Å²) in [5.74, 6) is 3.44. The minimum Gasteiger partial charge on any atom is -0.463 e. The highest BCUT2D eigenvalue weighted by Crippen LogP contribution is 2.65. The Bertz CT molecular complexity index is 596. The van der Waals surface area contributed by atoms with Gasteiger partial charge >= 0.3 is 5.97 Å². The molecule has 0 bridgehead atoms. The van der Waals surface area contributed by atoms with Gasteiger partial charge in [-0.3, -0.25) is 9.59 Å². The molecule has 146 valence electrons. The summed E-state index contributed by atoms with van der Waals surface area (Å²) < 4.78 is 5.51. The molecule has 0 unspecified atom stereocenters. The number of Topliss-reactive ketones (excluding diaryl/α,β-unsaturated/α-hetero) is 1. The Labute approximate surface area is 158 Å². The molecule has 0 aliphatic heterocycles. The van der Waals surface area contributed by atoms with Crippen molar-refractivity contribution in [1.29, 1.82) is 0 Å². The molecule has 0 radical (unpaired) electrons. The Morgan fingerprint density at radius 3 is 2.54 bits per heavy atom. The molecule has 4 fully saturated rings. The largest absolute Gasteiger partial charge is 0.463 e. The second kappa shape index (κ2) is 6.34. The van der Waals surface area contributed by atoms with E-state index in [0.717, 1.165) is 50.4 Å². The van der Waals surface area contributed by atoms with Gasteiger partial charge in [-0.05, 0) is 94.3 Å². The highest BCUT2D eigenvalue weighted by molar-refractivity contribution is 5.87. The molecule has 0 N–H and O–H groups in total. The Morgan fingerprint density at radius 1 is 1.04 bits per heavy atom. The molecule has 3 heteroatoms. The molecule has 0 aromatic rings. The van der Waals surface area contributed by atoms with Crippen LogP contribution >= 0.6 is 0 Å². The van der Waals surface area contributed by atoms with E-state index < -0.39 is 0 Å². The van der Waals surface area contributed by atoms with E-state index in [1.807, 2.05) is 13.8 Å². The summed E-state index contributed by atoms with van der Waals surface area (Å²) in [6.45, 7) is 8.66. The van der Waals surface area contributed by atoms with Crippen LogP contribution in [0.1, 0.15) is 85.5 Å². The van der Waals surface area contributed by atoms with Crippen molar-refractivity contribution in [2.75, 3.05) is 0 Å². The molecule has 4 aliphatic carbocycles. The van der Waals surface area contributed by atoms with Crippen molar-refractivity contribution in [2.45, 2.75) is 91.6 Å². The topological polar surface area (TPSA) is 43.4 Å². The molecule has 0 heterocycles. The molecule has 4 rings (SSSR count). The molecule has 7 atom stereocenters. The van der Waals surface area contributed by atoms with Gasteiger partial charge in [0.1, 0.15) is 5.78 Å². The first-order chi connectivity index (χ1) is 12.3. The van der Waals surface area contributed by atoms with E-state index in [9.17, 15) is 9.59 Å². The van der Waals surface area contributed by atoms with Crippen LogP contribution in [0.4, 0.5) is 0 Å². The molecule has 0 aromatic heterocycles. The normalized spacial score (nSPS) is 47.9. The number of rotatable bonds is 2. The first-order valence-electron chi connectivity index (χ1n) is 11.0. The van der Waals surface area contributed by atoms with Gasteiger partial charge in [0.15, 0.2) is 0 Å². The standard InChI is InChI=1S/C23H36O3/c1-14(2)26-21(25)15-9-11-22(3)16(13-15)5-6-17-18-7-8-20(24)23(18,4)12-10-19(17)22/h14-19H,5-13H2,1-4H3/t15-,16+,17+,18+,19+,22+,23+/m1/s1. The van der Waals surface area contributed by atoms with Crippen molar-refractivity contribution in [2.24, 2.45) is 40.4 Å². The molecule has 26 heavy (non-hydrogen) atoms. The van der Waals surface area contributed by atoms with Crippen LogP contribution in [0.15, 0.2) is 0 Å². The van der Waals surface area contributed by atoms with E-state index in [1.165, 1.54) is 19.3 Å². The van der Waals surface area contributed by atoms with Crippen LogP contribution < -0.4 is 0 Å². The lowest BCUT2D eigenvalue weighted by Gasteiger charge is -2.60. The van der Waals surface area contributed by atoms with Crippen molar-refractivity contribution in [1.82, 2.24) is 0 Å². The molecule has 0 saturated heterocycles. The third kappa shape index (κ3) is 2.67. The zero-order valence-corrected chi connectivity index (χ0v) is 17.1. The average molecular weight is 361 g/mol. The number of ether oxygens (including phenoxy) is 1. The van der Waals surface area contributed by atoms with Gasteiger partial charge < -0.3 is 4.74 Å². The predicted molar refractivity (Wildman–Crippen MR) is 101 cm³/mol. The summed E-state index contributed by atoms with van der Waals surface area (Å²) >= 11 is 0. The maximum atomic E-state index is 12.5. The Balaban J connectivity index is 1.51. The zero-order chi connectivity index (χ0) is 18.7. The number of carbonyl (C=O) groups excluding carboxylic acids is 2. The third-order valence-corrected chi connectivity index (χ3v) is 9.06. The number of esters is 1. The molecule has 4 saturated carbocycles. The van der Waals surface area contributed by atoms with Crippen LogP contribution in [0, 0.1) is 40.4 Å². The van der Waals surface area contributed by atoms with E-state index in [1.54, 1.807) is 0 Å². The van der Waals surface area contributed by atoms with E-state index >= 15 is 0 Å². The summed E-state index contributed by atoms with van der Waals surface area (Å²) in [5.41, 5.74) is 0.340. The van der Waals surface area contributed by atoms with Crippen molar-refractivity contribution in [3.05, 3.63) is 0 Å². The maximum absolute atomic E-state index is 12.5. The fourth-order valence-electron chi connectivity index (χ4n) is 7.57. The Hall–Kier alpha value is -0.860. The number of hydrogen-bond donors (Lipinski definition) is 0. The summed E-state index contributed by atoms with van der Waals surface area (Å²) in [5, 5.41) is 0. The molecule has 0 amide bonds. The van der Waals surface area contributed by atoms with Crippen LogP contribution in [0.5, 0.6) is 0 Å². The van der Waals surface area contributed by atoms with Gasteiger partial charge in [0.05, 0.1) is 12.0 Å². The Kier molecular flexibility index (Phi) is 4.51. The second-order valence-corrected chi connectivity index (χ2v) is 10.5. The number of carbonyl (C=O) groups is 2. The van der Waals surface area contributed by atoms with Gasteiger partial charge in [0, 0.05) is 11.8 Å². The molecule has 0 spiro atoms. The maximum Gasteiger partial charge on any atom is 0.309 e. The number of hydrogen-bond acceptors (Lipinski definition) is 3. The van der Waals surface area contributed by atoms with Gasteiger partial charge in [-0.2, -0.15) is 0 Å². The van der Waals surface area contributed by atoms with Gasteiger partial charge in [-0.25, -0.2) is 0 Å². The van der Waals surface area contributed by atoms with Crippen LogP contribution in [0.3, 0.4) is 0 Å². The summed E-state index contributed by atoms with van der Waals surface area (Å²) in [6.07, 6.45) is 9.92. The van der Waals surface area contributed by atoms with E-state index in [-0.39, 0.29) is 23.4 Å². The van der Waals surface area contributed by atoms with Crippen LogP contribution in [-0.2, 0) is 14.3 Å². The fourth-order valence-corrected chi connectivity index (χ4v) is 7.57. The smallest absolute Gasteiger partial charge is 0.309 e. The number of ketones is 1. The van der Waals surface area contributed by atoms with E-state index in [0.29, 0.717) is 23.0 Å². The summed E-state index contributed by atoms with van der Waals surface area (Å²) in [6, 6.07) is 0. The third-order valence-electron chi connectivity index (χ3n) is 9.06. The van der Waals surface area contributed by atoms with E-state index in [4.69, 9.17) is 4.74 Å². The Morgan fingerprint density at radius 2 is 1.81 bits per heavy atom. The van der Waals surface area contributed by atoms with Crippen molar-refractivity contribution >= 4 is 11.8 Å².